The van der Waals surface area contributed by atoms with Crippen LogP contribution in [0.3, 0.4) is 0 Å². The highest BCUT2D eigenvalue weighted by molar-refractivity contribution is 6.12. The van der Waals surface area contributed by atoms with Crippen molar-refractivity contribution in [2.45, 2.75) is 33.0 Å². The fourth-order valence-corrected chi connectivity index (χ4v) is 5.48. The number of amides is 1. The molecule has 1 amide bonds. The maximum Gasteiger partial charge on any atom is 0.435 e. The lowest BCUT2D eigenvalue weighted by Crippen LogP contribution is -2.38. The minimum Gasteiger partial charge on any atom is -0.490 e. The number of ether oxygens (including phenoxy) is 2. The van der Waals surface area contributed by atoms with Crippen molar-refractivity contribution in [3.05, 3.63) is 77.9 Å². The summed E-state index contributed by atoms with van der Waals surface area (Å²) in [6.07, 6.45) is 3.32. The van der Waals surface area contributed by atoms with Gasteiger partial charge in [-0.25, -0.2) is 15.0 Å². The molecule has 1 aliphatic heterocycles. The molecule has 10 nitrogen and oxygen atoms in total. The van der Waals surface area contributed by atoms with Crippen molar-refractivity contribution >= 4 is 22.6 Å². The van der Waals surface area contributed by atoms with Crippen molar-refractivity contribution in [3.63, 3.8) is 0 Å². The second kappa shape index (κ2) is 11.0. The number of hydrogen-bond acceptors (Lipinski definition) is 7. The van der Waals surface area contributed by atoms with Crippen LogP contribution in [0.1, 0.15) is 41.0 Å². The molecule has 13 heteroatoms. The van der Waals surface area contributed by atoms with Crippen LogP contribution in [-0.2, 0) is 26.2 Å². The van der Waals surface area contributed by atoms with Gasteiger partial charge < -0.3 is 14.0 Å². The van der Waals surface area contributed by atoms with Crippen molar-refractivity contribution in [3.8, 4) is 22.6 Å². The topological polar surface area (TPSA) is 100 Å². The molecular formula is C30H28F3N7O3. The molecule has 0 radical (unpaired) electrons. The molecular weight excluding hydrogens is 563 g/mol. The first-order valence-corrected chi connectivity index (χ1v) is 13.8. The van der Waals surface area contributed by atoms with E-state index in [4.69, 9.17) is 9.47 Å². The van der Waals surface area contributed by atoms with E-state index in [1.807, 2.05) is 13.8 Å². The predicted molar refractivity (Wildman–Crippen MR) is 152 cm³/mol. The largest absolute Gasteiger partial charge is 0.490 e. The molecule has 0 fully saturated rings. The maximum atomic E-state index is 14.2. The number of benzene rings is 2. The van der Waals surface area contributed by atoms with Crippen LogP contribution < -0.4 is 14.4 Å². The van der Waals surface area contributed by atoms with Gasteiger partial charge >= 0.3 is 6.18 Å². The standard InChI is InChI=1S/C30H28F3N7O3/c1-4-42-25-12-22-24(13-26(25)43-5-2)35-16-36-28(22)40-8-6-19-20(23-15-38(3)37-27(23)30(31,32)33)10-18(11-21(19)29(40)41)14-39-9-7-34-17-39/h7,9-13,15-17H,4-6,8,14H2,1-3H3. The highest BCUT2D eigenvalue weighted by Crippen LogP contribution is 2.41. The van der Waals surface area contributed by atoms with Gasteiger partial charge in [0.1, 0.15) is 12.1 Å². The zero-order chi connectivity index (χ0) is 30.3. The van der Waals surface area contributed by atoms with E-state index in [1.165, 1.54) is 19.6 Å². The summed E-state index contributed by atoms with van der Waals surface area (Å²) < 4.78 is 56.7. The van der Waals surface area contributed by atoms with Gasteiger partial charge in [-0.05, 0) is 55.2 Å². The molecule has 0 saturated carbocycles. The second-order valence-electron chi connectivity index (χ2n) is 10.1. The smallest absolute Gasteiger partial charge is 0.435 e. The monoisotopic (exact) mass is 591 g/mol. The highest BCUT2D eigenvalue weighted by atomic mass is 19.4. The SMILES string of the molecule is CCOc1cc2ncnc(N3CCc4c(cc(Cn5ccnc5)cc4-c4cn(C)nc4C(F)(F)F)C3=O)c2cc1OCC. The number of carbonyl (C=O) groups excluding carboxylic acids is 1. The zero-order valence-electron chi connectivity index (χ0n) is 23.7. The van der Waals surface area contributed by atoms with E-state index < -0.39 is 11.9 Å². The summed E-state index contributed by atoms with van der Waals surface area (Å²) >= 11 is 0. The number of aromatic nitrogens is 6. The lowest BCUT2D eigenvalue weighted by Gasteiger charge is -2.30. The van der Waals surface area contributed by atoms with Gasteiger partial charge in [-0.15, -0.1) is 0 Å². The molecule has 2 aromatic carbocycles. The molecule has 0 bridgehead atoms. The average Bonchev–Trinajstić information content (AvgIpc) is 3.63. The Morgan fingerprint density at radius 3 is 2.42 bits per heavy atom. The number of alkyl halides is 3. The first-order valence-electron chi connectivity index (χ1n) is 13.8. The normalized spacial score (nSPS) is 13.4. The number of fused-ring (bicyclic) bond motifs is 2. The molecule has 0 spiro atoms. The molecule has 0 saturated heterocycles. The number of imidazole rings is 1. The third kappa shape index (κ3) is 5.26. The lowest BCUT2D eigenvalue weighted by molar-refractivity contribution is -0.140. The molecule has 0 N–H and O–H groups in total. The van der Waals surface area contributed by atoms with Gasteiger partial charge in [0.15, 0.2) is 17.2 Å². The number of nitrogens with zero attached hydrogens (tertiary/aromatic N) is 7. The van der Waals surface area contributed by atoms with Crippen molar-refractivity contribution in [2.24, 2.45) is 7.05 Å². The molecule has 5 aromatic rings. The van der Waals surface area contributed by atoms with E-state index in [-0.39, 0.29) is 18.0 Å². The number of rotatable bonds is 8. The molecule has 6 rings (SSSR count). The molecule has 1 aliphatic rings. The van der Waals surface area contributed by atoms with Crippen molar-refractivity contribution in [1.82, 2.24) is 29.3 Å². The van der Waals surface area contributed by atoms with Gasteiger partial charge in [0.2, 0.25) is 0 Å². The summed E-state index contributed by atoms with van der Waals surface area (Å²) in [5, 5.41) is 4.30. The second-order valence-corrected chi connectivity index (χ2v) is 10.1. The van der Waals surface area contributed by atoms with Crippen LogP contribution in [0.25, 0.3) is 22.0 Å². The van der Waals surface area contributed by atoms with Crippen LogP contribution in [0.2, 0.25) is 0 Å². The van der Waals surface area contributed by atoms with Gasteiger partial charge in [0.25, 0.3) is 5.91 Å². The first kappa shape index (κ1) is 28.2. The number of aryl methyl sites for hydroxylation is 1. The maximum absolute atomic E-state index is 14.2. The molecule has 43 heavy (non-hydrogen) atoms. The Bertz CT molecular complexity index is 1820. The third-order valence-electron chi connectivity index (χ3n) is 7.22. The van der Waals surface area contributed by atoms with E-state index in [1.54, 1.807) is 52.5 Å². The van der Waals surface area contributed by atoms with E-state index in [0.29, 0.717) is 76.7 Å². The minimum atomic E-state index is -4.67. The van der Waals surface area contributed by atoms with Gasteiger partial charge in [0.05, 0.1) is 25.1 Å². The number of carbonyl (C=O) groups is 1. The van der Waals surface area contributed by atoms with Gasteiger partial charge in [-0.1, -0.05) is 0 Å². The Hall–Kier alpha value is -4.94. The fourth-order valence-electron chi connectivity index (χ4n) is 5.48. The summed E-state index contributed by atoms with van der Waals surface area (Å²) in [5.74, 6) is 1.03. The number of hydrogen-bond donors (Lipinski definition) is 0. The van der Waals surface area contributed by atoms with E-state index >= 15 is 0 Å². The van der Waals surface area contributed by atoms with Gasteiger partial charge in [-0.2, -0.15) is 18.3 Å². The Kier molecular flexibility index (Phi) is 7.24. The summed E-state index contributed by atoms with van der Waals surface area (Å²) in [6, 6.07) is 6.95. The third-order valence-corrected chi connectivity index (χ3v) is 7.22. The first-order chi connectivity index (χ1) is 20.7. The van der Waals surface area contributed by atoms with Crippen LogP contribution in [0.15, 0.2) is 55.5 Å². The number of halogens is 3. The predicted octanol–water partition coefficient (Wildman–Crippen LogP) is 5.29. The summed E-state index contributed by atoms with van der Waals surface area (Å²) in [7, 11) is 1.45. The van der Waals surface area contributed by atoms with Gasteiger partial charge in [0, 0.05) is 61.3 Å². The van der Waals surface area contributed by atoms with Crippen LogP contribution in [-0.4, -0.2) is 55.0 Å². The fraction of sp³-hybridized carbons (Fsp3) is 0.300. The molecule has 0 unspecified atom stereocenters. The van der Waals surface area contributed by atoms with E-state index in [0.717, 1.165) is 4.68 Å². The summed E-state index contributed by atoms with van der Waals surface area (Å²) in [4.78, 5) is 28.7. The Morgan fingerprint density at radius 2 is 1.72 bits per heavy atom. The van der Waals surface area contributed by atoms with Gasteiger partial charge in [-0.3, -0.25) is 14.4 Å². The van der Waals surface area contributed by atoms with E-state index in [9.17, 15) is 18.0 Å². The highest BCUT2D eigenvalue weighted by Gasteiger charge is 2.39. The van der Waals surface area contributed by atoms with Crippen LogP contribution in [0, 0.1) is 0 Å². The van der Waals surface area contributed by atoms with Crippen LogP contribution in [0.4, 0.5) is 19.0 Å². The zero-order valence-corrected chi connectivity index (χ0v) is 23.7. The molecule has 0 aliphatic carbocycles. The van der Waals surface area contributed by atoms with E-state index in [2.05, 4.69) is 20.1 Å². The Balaban J connectivity index is 1.50. The van der Waals surface area contributed by atoms with Crippen molar-refractivity contribution in [1.29, 1.82) is 0 Å². The lowest BCUT2D eigenvalue weighted by atomic mass is 9.88. The Labute approximate surface area is 244 Å². The van der Waals surface area contributed by atoms with Crippen LogP contribution in [0.5, 0.6) is 11.5 Å². The van der Waals surface area contributed by atoms with Crippen LogP contribution >= 0.6 is 0 Å². The quantitative estimate of drug-likeness (QED) is 0.242. The minimum absolute atomic E-state index is 0.0720. The van der Waals surface area contributed by atoms with Crippen molar-refractivity contribution < 1.29 is 27.4 Å². The summed E-state index contributed by atoms with van der Waals surface area (Å²) in [5.41, 5.74) is 1.30. The Morgan fingerprint density at radius 1 is 0.977 bits per heavy atom. The number of anilines is 1. The summed E-state index contributed by atoms with van der Waals surface area (Å²) in [6.45, 7) is 5.07. The molecule has 222 valence electrons. The molecule has 4 heterocycles. The molecule has 3 aromatic heterocycles. The van der Waals surface area contributed by atoms with Crippen molar-refractivity contribution in [2.75, 3.05) is 24.7 Å². The molecule has 0 atom stereocenters. The average molecular weight is 592 g/mol.